The van der Waals surface area contributed by atoms with Crippen molar-refractivity contribution in [2.75, 3.05) is 0 Å². The molecule has 0 N–H and O–H groups in total. The van der Waals surface area contributed by atoms with E-state index < -0.39 is 0 Å². The van der Waals surface area contributed by atoms with Crippen molar-refractivity contribution < 1.29 is 4.79 Å². The van der Waals surface area contributed by atoms with E-state index in [1.54, 1.807) is 13.0 Å². The lowest BCUT2D eigenvalue weighted by Crippen LogP contribution is -1.93. The van der Waals surface area contributed by atoms with Crippen LogP contribution in [0.3, 0.4) is 0 Å². The van der Waals surface area contributed by atoms with Crippen molar-refractivity contribution in [3.8, 4) is 0 Å². The van der Waals surface area contributed by atoms with Gasteiger partial charge < -0.3 is 4.57 Å². The SMILES string of the molecule is CCCn1cc(/C=C/C(C)=O)c2ccccc21. The fourth-order valence-corrected chi connectivity index (χ4v) is 2.04. The van der Waals surface area contributed by atoms with Gasteiger partial charge in [0, 0.05) is 29.2 Å². The molecule has 1 aromatic heterocycles. The average Bonchev–Trinajstić information content (AvgIpc) is 2.66. The number of aryl methyl sites for hydroxylation is 1. The van der Waals surface area contributed by atoms with Gasteiger partial charge in [0.15, 0.2) is 5.78 Å². The maximum absolute atomic E-state index is 11.0. The van der Waals surface area contributed by atoms with Gasteiger partial charge in [-0.15, -0.1) is 0 Å². The first-order chi connectivity index (χ1) is 8.22. The van der Waals surface area contributed by atoms with Crippen molar-refractivity contribution in [1.29, 1.82) is 0 Å². The molecule has 88 valence electrons. The number of para-hydroxylation sites is 1. The fourth-order valence-electron chi connectivity index (χ4n) is 2.04. The Bertz CT molecular complexity index is 563. The fraction of sp³-hybridized carbons (Fsp3) is 0.267. The Morgan fingerprint density at radius 3 is 2.82 bits per heavy atom. The van der Waals surface area contributed by atoms with E-state index in [2.05, 4.69) is 29.8 Å². The summed E-state index contributed by atoms with van der Waals surface area (Å²) in [5, 5.41) is 1.21. The van der Waals surface area contributed by atoms with E-state index in [0.29, 0.717) is 0 Å². The Morgan fingerprint density at radius 2 is 2.12 bits per heavy atom. The summed E-state index contributed by atoms with van der Waals surface area (Å²) in [6, 6.07) is 8.30. The highest BCUT2D eigenvalue weighted by molar-refractivity contribution is 5.96. The molecule has 0 radical (unpaired) electrons. The number of aromatic nitrogens is 1. The topological polar surface area (TPSA) is 22.0 Å². The molecule has 2 nitrogen and oxygen atoms in total. The van der Waals surface area contributed by atoms with Gasteiger partial charge in [-0.25, -0.2) is 0 Å². The van der Waals surface area contributed by atoms with E-state index in [1.165, 1.54) is 10.9 Å². The molecule has 17 heavy (non-hydrogen) atoms. The maximum Gasteiger partial charge on any atom is 0.152 e. The van der Waals surface area contributed by atoms with Crippen LogP contribution in [0.2, 0.25) is 0 Å². The molecule has 0 aliphatic heterocycles. The van der Waals surface area contributed by atoms with E-state index in [4.69, 9.17) is 0 Å². The molecule has 0 unspecified atom stereocenters. The minimum Gasteiger partial charge on any atom is -0.347 e. The Labute approximate surface area is 102 Å². The molecule has 0 aliphatic rings. The number of allylic oxidation sites excluding steroid dienone is 1. The quantitative estimate of drug-likeness (QED) is 0.731. The lowest BCUT2D eigenvalue weighted by molar-refractivity contribution is -0.112. The Balaban J connectivity index is 2.52. The monoisotopic (exact) mass is 227 g/mol. The number of carbonyl (C=O) groups excluding carboxylic acids is 1. The minimum absolute atomic E-state index is 0.0809. The van der Waals surface area contributed by atoms with Crippen LogP contribution < -0.4 is 0 Å². The van der Waals surface area contributed by atoms with Gasteiger partial charge in [0.05, 0.1) is 0 Å². The average molecular weight is 227 g/mol. The third-order valence-electron chi connectivity index (χ3n) is 2.78. The van der Waals surface area contributed by atoms with Crippen molar-refractivity contribution in [3.63, 3.8) is 0 Å². The molecule has 2 aromatic rings. The zero-order valence-electron chi connectivity index (χ0n) is 10.3. The van der Waals surface area contributed by atoms with Crippen LogP contribution in [0.1, 0.15) is 25.8 Å². The van der Waals surface area contributed by atoms with Gasteiger partial charge in [0.1, 0.15) is 0 Å². The first kappa shape index (κ1) is 11.6. The highest BCUT2D eigenvalue weighted by Crippen LogP contribution is 2.22. The van der Waals surface area contributed by atoms with Crippen molar-refractivity contribution in [3.05, 3.63) is 42.1 Å². The Kier molecular flexibility index (Phi) is 3.43. The predicted molar refractivity (Wildman–Crippen MR) is 71.9 cm³/mol. The van der Waals surface area contributed by atoms with Crippen LogP contribution in [0.25, 0.3) is 17.0 Å². The van der Waals surface area contributed by atoms with Crippen LogP contribution in [0.5, 0.6) is 0 Å². The summed E-state index contributed by atoms with van der Waals surface area (Å²) >= 11 is 0. The maximum atomic E-state index is 11.0. The minimum atomic E-state index is 0.0809. The number of hydrogen-bond acceptors (Lipinski definition) is 1. The summed E-state index contributed by atoms with van der Waals surface area (Å²) in [7, 11) is 0. The summed E-state index contributed by atoms with van der Waals surface area (Å²) in [4.78, 5) is 11.0. The molecule has 0 fully saturated rings. The zero-order valence-corrected chi connectivity index (χ0v) is 10.3. The van der Waals surface area contributed by atoms with Gasteiger partial charge in [0.2, 0.25) is 0 Å². The molecule has 2 rings (SSSR count). The van der Waals surface area contributed by atoms with Crippen LogP contribution in [0.15, 0.2) is 36.5 Å². The third kappa shape index (κ3) is 2.47. The summed E-state index contributed by atoms with van der Waals surface area (Å²) in [6.45, 7) is 4.75. The van der Waals surface area contributed by atoms with Crippen molar-refractivity contribution in [2.24, 2.45) is 0 Å². The predicted octanol–water partition coefficient (Wildman–Crippen LogP) is 3.65. The number of ketones is 1. The standard InChI is InChI=1S/C15H17NO/c1-3-10-16-11-13(9-8-12(2)17)14-6-4-5-7-15(14)16/h4-9,11H,3,10H2,1-2H3/b9-8+. The van der Waals surface area contributed by atoms with E-state index in [-0.39, 0.29) is 5.78 Å². The molecule has 0 saturated heterocycles. The van der Waals surface area contributed by atoms with Gasteiger partial charge in [0.25, 0.3) is 0 Å². The second-order valence-corrected chi connectivity index (χ2v) is 4.24. The number of carbonyl (C=O) groups is 1. The Morgan fingerprint density at radius 1 is 1.35 bits per heavy atom. The second kappa shape index (κ2) is 5.00. The highest BCUT2D eigenvalue weighted by Gasteiger charge is 2.04. The van der Waals surface area contributed by atoms with E-state index in [1.807, 2.05) is 18.2 Å². The van der Waals surface area contributed by atoms with Crippen LogP contribution in [0, 0.1) is 0 Å². The summed E-state index contributed by atoms with van der Waals surface area (Å²) in [5.41, 5.74) is 2.35. The number of benzene rings is 1. The summed E-state index contributed by atoms with van der Waals surface area (Å²) in [5.74, 6) is 0.0809. The third-order valence-corrected chi connectivity index (χ3v) is 2.78. The van der Waals surface area contributed by atoms with Crippen LogP contribution >= 0.6 is 0 Å². The van der Waals surface area contributed by atoms with Gasteiger partial charge in [-0.05, 0) is 31.6 Å². The lowest BCUT2D eigenvalue weighted by atomic mass is 10.1. The lowest BCUT2D eigenvalue weighted by Gasteiger charge is -2.01. The van der Waals surface area contributed by atoms with Crippen LogP contribution in [0.4, 0.5) is 0 Å². The van der Waals surface area contributed by atoms with Gasteiger partial charge in [-0.2, -0.15) is 0 Å². The molecular formula is C15H17NO. The van der Waals surface area contributed by atoms with Gasteiger partial charge >= 0.3 is 0 Å². The Hall–Kier alpha value is -1.83. The highest BCUT2D eigenvalue weighted by atomic mass is 16.1. The zero-order chi connectivity index (χ0) is 12.3. The number of hydrogen-bond donors (Lipinski definition) is 0. The van der Waals surface area contributed by atoms with Crippen molar-refractivity contribution >= 4 is 22.8 Å². The molecule has 0 amide bonds. The molecule has 0 spiro atoms. The van der Waals surface area contributed by atoms with E-state index in [9.17, 15) is 4.79 Å². The number of fused-ring (bicyclic) bond motifs is 1. The van der Waals surface area contributed by atoms with E-state index >= 15 is 0 Å². The molecule has 2 heteroatoms. The molecule has 1 aromatic carbocycles. The smallest absolute Gasteiger partial charge is 0.152 e. The number of rotatable bonds is 4. The number of nitrogens with zero attached hydrogens (tertiary/aromatic N) is 1. The molecule has 0 atom stereocenters. The largest absolute Gasteiger partial charge is 0.347 e. The van der Waals surface area contributed by atoms with Gasteiger partial charge in [-0.1, -0.05) is 25.1 Å². The molecule has 0 aliphatic carbocycles. The van der Waals surface area contributed by atoms with E-state index in [0.717, 1.165) is 18.5 Å². The summed E-state index contributed by atoms with van der Waals surface area (Å²) in [6.07, 6.45) is 6.75. The summed E-state index contributed by atoms with van der Waals surface area (Å²) < 4.78 is 2.25. The first-order valence-corrected chi connectivity index (χ1v) is 5.99. The molecule has 1 heterocycles. The molecule has 0 bridgehead atoms. The van der Waals surface area contributed by atoms with Gasteiger partial charge in [-0.3, -0.25) is 4.79 Å². The van der Waals surface area contributed by atoms with Crippen molar-refractivity contribution in [1.82, 2.24) is 4.57 Å². The molecule has 0 saturated carbocycles. The van der Waals surface area contributed by atoms with Crippen LogP contribution in [-0.4, -0.2) is 10.4 Å². The molecular weight excluding hydrogens is 210 g/mol. The first-order valence-electron chi connectivity index (χ1n) is 5.99. The normalized spacial score (nSPS) is 11.4. The van der Waals surface area contributed by atoms with Crippen LogP contribution in [-0.2, 0) is 11.3 Å². The van der Waals surface area contributed by atoms with Crippen molar-refractivity contribution in [2.45, 2.75) is 26.8 Å². The second-order valence-electron chi connectivity index (χ2n) is 4.24.